The molecule has 0 aliphatic carbocycles. The van der Waals surface area contributed by atoms with Crippen molar-refractivity contribution in [3.8, 4) is 5.69 Å². The van der Waals surface area contributed by atoms with Crippen molar-refractivity contribution >= 4 is 34.2 Å². The number of carbonyl (C=O) groups excluding carboxylic acids is 2. The number of para-hydroxylation sites is 3. The number of carbonyl (C=O) groups is 2. The highest BCUT2D eigenvalue weighted by Crippen LogP contribution is 2.34. The lowest BCUT2D eigenvalue weighted by Gasteiger charge is -2.23. The molecule has 0 bridgehead atoms. The van der Waals surface area contributed by atoms with E-state index in [0.717, 1.165) is 17.7 Å². The average molecular weight is 471 g/mol. The monoisotopic (exact) mass is 470 g/mol. The standard InChI is InChI=1S/C26H26N6O3/c1-3-16(2)18-8-4-6-10-21(18)31-14-17(12-23(31)33)25(34)30-20-9-5-7-11-22(20)32-24-19(13-29-32)26(35)28-15-27-24/h4-11,13,15-17H,3,12,14H2,1-2H3,(H,30,34)(H,27,28,35). The fourth-order valence-corrected chi connectivity index (χ4v) is 4.52. The molecule has 1 saturated heterocycles. The molecule has 1 aliphatic heterocycles. The number of hydrogen-bond donors (Lipinski definition) is 2. The van der Waals surface area contributed by atoms with Gasteiger partial charge in [-0.25, -0.2) is 9.67 Å². The molecule has 35 heavy (non-hydrogen) atoms. The van der Waals surface area contributed by atoms with Crippen molar-refractivity contribution in [2.75, 3.05) is 16.8 Å². The Balaban J connectivity index is 1.40. The second kappa shape index (κ2) is 9.17. The summed E-state index contributed by atoms with van der Waals surface area (Å²) >= 11 is 0. The van der Waals surface area contributed by atoms with Crippen LogP contribution in [0.2, 0.25) is 0 Å². The minimum Gasteiger partial charge on any atom is -0.324 e. The lowest BCUT2D eigenvalue weighted by Crippen LogP contribution is -2.29. The third-order valence-electron chi connectivity index (χ3n) is 6.63. The summed E-state index contributed by atoms with van der Waals surface area (Å²) in [5, 5.41) is 7.63. The van der Waals surface area contributed by atoms with Crippen molar-refractivity contribution in [3.05, 3.63) is 77.0 Å². The Bertz CT molecular complexity index is 1470. The van der Waals surface area contributed by atoms with Gasteiger partial charge >= 0.3 is 0 Å². The van der Waals surface area contributed by atoms with Crippen molar-refractivity contribution in [1.82, 2.24) is 19.7 Å². The van der Waals surface area contributed by atoms with Gasteiger partial charge in [0.1, 0.15) is 5.39 Å². The van der Waals surface area contributed by atoms with Crippen LogP contribution in [0, 0.1) is 5.92 Å². The van der Waals surface area contributed by atoms with E-state index >= 15 is 0 Å². The molecule has 1 fully saturated rings. The first kappa shape index (κ1) is 22.5. The van der Waals surface area contributed by atoms with Gasteiger partial charge in [-0.05, 0) is 36.1 Å². The van der Waals surface area contributed by atoms with Crippen LogP contribution in [0.25, 0.3) is 16.7 Å². The van der Waals surface area contributed by atoms with E-state index in [4.69, 9.17) is 0 Å². The van der Waals surface area contributed by atoms with Crippen LogP contribution in [0.15, 0.2) is 65.8 Å². The lowest BCUT2D eigenvalue weighted by molar-refractivity contribution is -0.122. The number of aromatic amines is 1. The number of fused-ring (bicyclic) bond motifs is 1. The molecule has 9 nitrogen and oxygen atoms in total. The normalized spacial score (nSPS) is 16.6. The van der Waals surface area contributed by atoms with E-state index in [0.29, 0.717) is 34.9 Å². The van der Waals surface area contributed by atoms with Gasteiger partial charge in [0.15, 0.2) is 5.65 Å². The number of anilines is 2. The summed E-state index contributed by atoms with van der Waals surface area (Å²) in [5.74, 6) is -0.480. The number of aromatic nitrogens is 4. The highest BCUT2D eigenvalue weighted by atomic mass is 16.2. The molecule has 1 aliphatic rings. The molecule has 178 valence electrons. The summed E-state index contributed by atoms with van der Waals surface area (Å²) in [6.45, 7) is 4.58. The third-order valence-corrected chi connectivity index (χ3v) is 6.63. The zero-order valence-corrected chi connectivity index (χ0v) is 19.6. The SMILES string of the molecule is CCC(C)c1ccccc1N1CC(C(=O)Nc2ccccc2-n2ncc3c(=O)[nH]cnc32)CC1=O. The molecule has 0 spiro atoms. The maximum Gasteiger partial charge on any atom is 0.261 e. The predicted octanol–water partition coefficient (Wildman–Crippen LogP) is 3.61. The largest absolute Gasteiger partial charge is 0.324 e. The number of hydrogen-bond acceptors (Lipinski definition) is 5. The van der Waals surface area contributed by atoms with Crippen LogP contribution in [0.1, 0.15) is 38.2 Å². The second-order valence-corrected chi connectivity index (χ2v) is 8.81. The lowest BCUT2D eigenvalue weighted by atomic mass is 9.96. The minimum absolute atomic E-state index is 0.0596. The predicted molar refractivity (Wildman–Crippen MR) is 134 cm³/mol. The van der Waals surface area contributed by atoms with E-state index in [-0.39, 0.29) is 23.8 Å². The molecule has 9 heteroatoms. The van der Waals surface area contributed by atoms with Crippen molar-refractivity contribution < 1.29 is 9.59 Å². The number of amides is 2. The number of H-pyrrole nitrogens is 1. The number of nitrogens with one attached hydrogen (secondary N) is 2. The Morgan fingerprint density at radius 2 is 1.89 bits per heavy atom. The van der Waals surface area contributed by atoms with Crippen LogP contribution in [-0.4, -0.2) is 38.1 Å². The third kappa shape index (κ3) is 4.09. The molecule has 2 aromatic heterocycles. The van der Waals surface area contributed by atoms with E-state index in [1.165, 1.54) is 17.2 Å². The maximum atomic E-state index is 13.3. The fourth-order valence-electron chi connectivity index (χ4n) is 4.52. The Morgan fingerprint density at radius 1 is 1.14 bits per heavy atom. The van der Waals surface area contributed by atoms with Gasteiger partial charge in [-0.15, -0.1) is 0 Å². The Kier molecular flexibility index (Phi) is 5.90. The first-order chi connectivity index (χ1) is 17.0. The Morgan fingerprint density at radius 3 is 2.69 bits per heavy atom. The topological polar surface area (TPSA) is 113 Å². The average Bonchev–Trinajstić information content (AvgIpc) is 3.48. The van der Waals surface area contributed by atoms with Crippen molar-refractivity contribution in [2.45, 2.75) is 32.6 Å². The Labute approximate surface area is 201 Å². The Hall–Kier alpha value is -4.27. The zero-order chi connectivity index (χ0) is 24.5. The smallest absolute Gasteiger partial charge is 0.261 e. The first-order valence-electron chi connectivity index (χ1n) is 11.7. The van der Waals surface area contributed by atoms with Gasteiger partial charge < -0.3 is 15.2 Å². The molecule has 2 aromatic carbocycles. The molecule has 2 amide bonds. The van der Waals surface area contributed by atoms with Crippen molar-refractivity contribution in [2.24, 2.45) is 5.92 Å². The van der Waals surface area contributed by atoms with Gasteiger partial charge in [0.2, 0.25) is 11.8 Å². The summed E-state index contributed by atoms with van der Waals surface area (Å²) in [4.78, 5) is 46.8. The van der Waals surface area contributed by atoms with Crippen LogP contribution >= 0.6 is 0 Å². The van der Waals surface area contributed by atoms with Gasteiger partial charge in [0.05, 0.1) is 29.8 Å². The summed E-state index contributed by atoms with van der Waals surface area (Å²) in [6.07, 6.45) is 3.87. The summed E-state index contributed by atoms with van der Waals surface area (Å²) in [5.41, 5.74) is 3.20. The number of nitrogens with zero attached hydrogens (tertiary/aromatic N) is 4. The molecular weight excluding hydrogens is 444 g/mol. The van der Waals surface area contributed by atoms with Crippen LogP contribution in [0.4, 0.5) is 11.4 Å². The van der Waals surface area contributed by atoms with E-state index in [9.17, 15) is 14.4 Å². The highest BCUT2D eigenvalue weighted by molar-refractivity contribution is 6.04. The van der Waals surface area contributed by atoms with Gasteiger partial charge in [-0.1, -0.05) is 44.2 Å². The maximum absolute atomic E-state index is 13.3. The molecule has 0 radical (unpaired) electrons. The van der Waals surface area contributed by atoms with Gasteiger partial charge in [0, 0.05) is 18.7 Å². The molecule has 2 N–H and O–H groups in total. The van der Waals surface area contributed by atoms with Crippen molar-refractivity contribution in [3.63, 3.8) is 0 Å². The zero-order valence-electron chi connectivity index (χ0n) is 19.6. The van der Waals surface area contributed by atoms with Gasteiger partial charge in [-0.2, -0.15) is 5.10 Å². The molecule has 2 atom stereocenters. The van der Waals surface area contributed by atoms with Crippen LogP contribution in [0.3, 0.4) is 0 Å². The van der Waals surface area contributed by atoms with Gasteiger partial charge in [-0.3, -0.25) is 14.4 Å². The summed E-state index contributed by atoms with van der Waals surface area (Å²) in [6, 6.07) is 15.1. The molecule has 0 saturated carbocycles. The summed E-state index contributed by atoms with van der Waals surface area (Å²) < 4.78 is 1.52. The first-order valence-corrected chi connectivity index (χ1v) is 11.7. The molecule has 2 unspecified atom stereocenters. The van der Waals surface area contributed by atoms with Gasteiger partial charge in [0.25, 0.3) is 5.56 Å². The summed E-state index contributed by atoms with van der Waals surface area (Å²) in [7, 11) is 0. The van der Waals surface area contributed by atoms with Crippen LogP contribution in [-0.2, 0) is 9.59 Å². The fraction of sp³-hybridized carbons (Fsp3) is 0.269. The minimum atomic E-state index is -0.490. The second-order valence-electron chi connectivity index (χ2n) is 8.81. The molecule has 4 aromatic rings. The molecule has 3 heterocycles. The van der Waals surface area contributed by atoms with E-state index in [2.05, 4.69) is 34.2 Å². The molecular formula is C26H26N6O3. The molecule has 5 rings (SSSR count). The van der Waals surface area contributed by atoms with E-state index in [1.807, 2.05) is 30.3 Å². The number of benzene rings is 2. The van der Waals surface area contributed by atoms with Crippen LogP contribution < -0.4 is 15.8 Å². The number of rotatable bonds is 6. The van der Waals surface area contributed by atoms with E-state index in [1.54, 1.807) is 23.1 Å². The van der Waals surface area contributed by atoms with Crippen LogP contribution in [0.5, 0.6) is 0 Å². The van der Waals surface area contributed by atoms with Crippen molar-refractivity contribution in [1.29, 1.82) is 0 Å². The highest BCUT2D eigenvalue weighted by Gasteiger charge is 2.36. The van der Waals surface area contributed by atoms with E-state index < -0.39 is 5.92 Å². The quantitative estimate of drug-likeness (QED) is 0.447.